The van der Waals surface area contributed by atoms with Gasteiger partial charge in [0.15, 0.2) is 0 Å². The second kappa shape index (κ2) is 5.97. The third-order valence-corrected chi connectivity index (χ3v) is 9.27. The Morgan fingerprint density at radius 1 is 0.905 bits per heavy atom. The lowest BCUT2D eigenvalue weighted by Crippen LogP contribution is -2.43. The van der Waals surface area contributed by atoms with Crippen LogP contribution in [0.25, 0.3) is 11.1 Å². The van der Waals surface area contributed by atoms with Crippen molar-refractivity contribution in [3.05, 3.63) is 53.0 Å². The van der Waals surface area contributed by atoms with Gasteiger partial charge in [-0.3, -0.25) is 0 Å². The SMILES string of the molecule is CC(C)(C)[Si](C)(C)Oc1ccc(-c2ccccc2Br)cc1. The molecular formula is C18H23BrOSi. The molecule has 1 nitrogen and oxygen atoms in total. The zero-order chi connectivity index (χ0) is 15.7. The van der Waals surface area contributed by atoms with Crippen LogP contribution in [0.4, 0.5) is 0 Å². The van der Waals surface area contributed by atoms with E-state index in [0.29, 0.717) is 0 Å². The van der Waals surface area contributed by atoms with Crippen molar-refractivity contribution in [2.24, 2.45) is 0 Å². The first-order valence-electron chi connectivity index (χ1n) is 7.25. The van der Waals surface area contributed by atoms with Gasteiger partial charge in [-0.2, -0.15) is 0 Å². The quantitative estimate of drug-likeness (QED) is 0.566. The average Bonchev–Trinajstić information content (AvgIpc) is 2.39. The van der Waals surface area contributed by atoms with Gasteiger partial charge >= 0.3 is 0 Å². The van der Waals surface area contributed by atoms with Gasteiger partial charge in [-0.1, -0.05) is 67.0 Å². The monoisotopic (exact) mass is 362 g/mol. The molecule has 112 valence electrons. The Morgan fingerprint density at radius 3 is 2.00 bits per heavy atom. The number of hydrogen-bond donors (Lipinski definition) is 0. The highest BCUT2D eigenvalue weighted by Crippen LogP contribution is 2.38. The summed E-state index contributed by atoms with van der Waals surface area (Å²) in [6.07, 6.45) is 0. The molecule has 21 heavy (non-hydrogen) atoms. The van der Waals surface area contributed by atoms with E-state index < -0.39 is 8.32 Å². The van der Waals surface area contributed by atoms with Gasteiger partial charge in [-0.05, 0) is 47.5 Å². The summed E-state index contributed by atoms with van der Waals surface area (Å²) in [6, 6.07) is 16.7. The minimum atomic E-state index is -1.76. The van der Waals surface area contributed by atoms with Crippen molar-refractivity contribution in [3.8, 4) is 16.9 Å². The molecule has 0 amide bonds. The van der Waals surface area contributed by atoms with Crippen molar-refractivity contribution >= 4 is 24.2 Å². The first kappa shape index (κ1) is 16.3. The van der Waals surface area contributed by atoms with Crippen LogP contribution in [-0.2, 0) is 0 Å². The first-order valence-corrected chi connectivity index (χ1v) is 10.9. The maximum absolute atomic E-state index is 6.31. The molecular weight excluding hydrogens is 340 g/mol. The summed E-state index contributed by atoms with van der Waals surface area (Å²) in [7, 11) is -1.76. The zero-order valence-corrected chi connectivity index (χ0v) is 16.0. The maximum Gasteiger partial charge on any atom is 0.250 e. The van der Waals surface area contributed by atoms with Crippen molar-refractivity contribution < 1.29 is 4.43 Å². The molecule has 0 heterocycles. The number of rotatable bonds is 3. The Bertz CT molecular complexity index is 612. The van der Waals surface area contributed by atoms with Gasteiger partial charge in [-0.25, -0.2) is 0 Å². The van der Waals surface area contributed by atoms with E-state index in [1.54, 1.807) is 0 Å². The molecule has 0 aliphatic rings. The highest BCUT2D eigenvalue weighted by molar-refractivity contribution is 9.10. The molecule has 0 aliphatic carbocycles. The van der Waals surface area contributed by atoms with Crippen LogP contribution in [0.15, 0.2) is 53.0 Å². The predicted octanol–water partition coefficient (Wildman–Crippen LogP) is 6.50. The van der Waals surface area contributed by atoms with Crippen molar-refractivity contribution in [2.75, 3.05) is 0 Å². The predicted molar refractivity (Wildman–Crippen MR) is 97.4 cm³/mol. The Hall–Kier alpha value is -1.06. The molecule has 2 rings (SSSR count). The maximum atomic E-state index is 6.31. The van der Waals surface area contributed by atoms with Crippen LogP contribution in [0.2, 0.25) is 18.1 Å². The largest absolute Gasteiger partial charge is 0.544 e. The molecule has 0 saturated heterocycles. The molecule has 0 radical (unpaired) electrons. The summed E-state index contributed by atoms with van der Waals surface area (Å²) in [5, 5.41) is 0.216. The van der Waals surface area contributed by atoms with Crippen LogP contribution in [-0.4, -0.2) is 8.32 Å². The number of halogens is 1. The summed E-state index contributed by atoms with van der Waals surface area (Å²) in [4.78, 5) is 0. The molecule has 0 unspecified atom stereocenters. The van der Waals surface area contributed by atoms with E-state index in [0.717, 1.165) is 10.2 Å². The summed E-state index contributed by atoms with van der Waals surface area (Å²) < 4.78 is 7.43. The van der Waals surface area contributed by atoms with Crippen LogP contribution < -0.4 is 4.43 Å². The molecule has 0 N–H and O–H groups in total. The van der Waals surface area contributed by atoms with E-state index in [1.165, 1.54) is 11.1 Å². The van der Waals surface area contributed by atoms with Gasteiger partial charge in [0.1, 0.15) is 5.75 Å². The van der Waals surface area contributed by atoms with E-state index in [1.807, 2.05) is 6.07 Å². The van der Waals surface area contributed by atoms with Gasteiger partial charge < -0.3 is 4.43 Å². The Balaban J connectivity index is 2.23. The van der Waals surface area contributed by atoms with Gasteiger partial charge in [0.2, 0.25) is 8.32 Å². The summed E-state index contributed by atoms with van der Waals surface area (Å²) in [5.41, 5.74) is 2.40. The smallest absolute Gasteiger partial charge is 0.250 e. The zero-order valence-electron chi connectivity index (χ0n) is 13.4. The Kier molecular flexibility index (Phi) is 4.64. The second-order valence-corrected chi connectivity index (χ2v) is 12.4. The first-order chi connectivity index (χ1) is 9.71. The van der Waals surface area contributed by atoms with Crippen molar-refractivity contribution in [2.45, 2.75) is 38.9 Å². The standard InChI is InChI=1S/C18H23BrOSi/c1-18(2,3)21(4,5)20-15-12-10-14(11-13-15)16-8-6-7-9-17(16)19/h6-13H,1-5H3. The van der Waals surface area contributed by atoms with Crippen LogP contribution >= 0.6 is 15.9 Å². The molecule has 0 bridgehead atoms. The van der Waals surface area contributed by atoms with Gasteiger partial charge in [0.05, 0.1) is 0 Å². The topological polar surface area (TPSA) is 9.23 Å². The molecule has 0 spiro atoms. The summed E-state index contributed by atoms with van der Waals surface area (Å²) in [6.45, 7) is 11.3. The number of benzene rings is 2. The fraction of sp³-hybridized carbons (Fsp3) is 0.333. The van der Waals surface area contributed by atoms with Crippen LogP contribution in [0.5, 0.6) is 5.75 Å². The summed E-state index contributed by atoms with van der Waals surface area (Å²) in [5.74, 6) is 0.970. The fourth-order valence-corrected chi connectivity index (χ4v) is 3.39. The molecule has 2 aromatic carbocycles. The highest BCUT2D eigenvalue weighted by Gasteiger charge is 2.38. The lowest BCUT2D eigenvalue weighted by molar-refractivity contribution is 0.492. The molecule has 0 saturated carbocycles. The van der Waals surface area contributed by atoms with E-state index >= 15 is 0 Å². The minimum Gasteiger partial charge on any atom is -0.544 e. The molecule has 0 fully saturated rings. The molecule has 0 atom stereocenters. The molecule has 0 aliphatic heterocycles. The fourth-order valence-electron chi connectivity index (χ4n) is 1.85. The van der Waals surface area contributed by atoms with Crippen molar-refractivity contribution in [3.63, 3.8) is 0 Å². The lowest BCUT2D eigenvalue weighted by Gasteiger charge is -2.36. The molecule has 0 aromatic heterocycles. The van der Waals surface area contributed by atoms with Crippen LogP contribution in [0.3, 0.4) is 0 Å². The third-order valence-electron chi connectivity index (χ3n) is 4.22. The van der Waals surface area contributed by atoms with Gasteiger partial charge in [-0.15, -0.1) is 0 Å². The second-order valence-electron chi connectivity index (χ2n) is 6.87. The number of hydrogen-bond acceptors (Lipinski definition) is 1. The third kappa shape index (κ3) is 3.77. The van der Waals surface area contributed by atoms with E-state index in [-0.39, 0.29) is 5.04 Å². The van der Waals surface area contributed by atoms with Crippen LogP contribution in [0, 0.1) is 0 Å². The molecule has 3 heteroatoms. The van der Waals surface area contributed by atoms with Gasteiger partial charge in [0.25, 0.3) is 0 Å². The Morgan fingerprint density at radius 2 is 1.48 bits per heavy atom. The van der Waals surface area contributed by atoms with E-state index in [4.69, 9.17) is 4.43 Å². The van der Waals surface area contributed by atoms with E-state index in [2.05, 4.69) is 92.3 Å². The van der Waals surface area contributed by atoms with Crippen LogP contribution in [0.1, 0.15) is 20.8 Å². The van der Waals surface area contributed by atoms with Crippen molar-refractivity contribution in [1.82, 2.24) is 0 Å². The minimum absolute atomic E-state index is 0.216. The molecule has 2 aromatic rings. The van der Waals surface area contributed by atoms with Gasteiger partial charge in [0, 0.05) is 4.47 Å². The average molecular weight is 363 g/mol. The Labute approximate surface area is 137 Å². The van der Waals surface area contributed by atoms with E-state index in [9.17, 15) is 0 Å². The normalized spacial score (nSPS) is 12.3. The highest BCUT2D eigenvalue weighted by atomic mass is 79.9. The lowest BCUT2D eigenvalue weighted by atomic mass is 10.1. The van der Waals surface area contributed by atoms with Crippen molar-refractivity contribution in [1.29, 1.82) is 0 Å². The summed E-state index contributed by atoms with van der Waals surface area (Å²) >= 11 is 3.60.